The zero-order chi connectivity index (χ0) is 39.6. The first-order chi connectivity index (χ1) is 24.3. The molecule has 0 atom stereocenters. The van der Waals surface area contributed by atoms with Crippen LogP contribution in [-0.4, -0.2) is 11.6 Å². The highest BCUT2D eigenvalue weighted by atomic mass is 79.9. The van der Waals surface area contributed by atoms with E-state index in [0.717, 1.165) is 73.6 Å². The van der Waals surface area contributed by atoms with Gasteiger partial charge >= 0.3 is 0 Å². The lowest BCUT2D eigenvalue weighted by molar-refractivity contribution is -0.114. The zero-order valence-corrected chi connectivity index (χ0v) is 39.0. The number of furan rings is 1. The second-order valence-electron chi connectivity index (χ2n) is 18.0. The van der Waals surface area contributed by atoms with Gasteiger partial charge in [0, 0.05) is 62.5 Å². The Labute approximate surface area is 349 Å². The Morgan fingerprint density at radius 1 is 0.453 bits per heavy atom. The molecule has 3 nitrogen and oxygen atoms in total. The number of rotatable bonds is 4. The lowest BCUT2D eigenvalue weighted by Crippen LogP contribution is -2.28. The van der Waals surface area contributed by atoms with Crippen molar-refractivity contribution in [3.05, 3.63) is 147 Å². The Balaban J connectivity index is 1.92. The van der Waals surface area contributed by atoms with Crippen molar-refractivity contribution in [1.82, 2.24) is 0 Å². The number of allylic oxidation sites excluding steroid dienone is 10. The van der Waals surface area contributed by atoms with Crippen molar-refractivity contribution in [2.75, 3.05) is 0 Å². The van der Waals surface area contributed by atoms with Gasteiger partial charge in [-0.05, 0) is 93.5 Å². The average molecular weight is 969 g/mol. The topological polar surface area (TPSA) is 47.3 Å². The Kier molecular flexibility index (Phi) is 11.6. The second-order valence-corrected chi connectivity index (χ2v) is 21.5. The molecule has 0 bridgehead atoms. The van der Waals surface area contributed by atoms with E-state index in [1.54, 1.807) is 0 Å². The van der Waals surface area contributed by atoms with Crippen LogP contribution in [0.3, 0.4) is 0 Å². The van der Waals surface area contributed by atoms with E-state index < -0.39 is 0 Å². The summed E-state index contributed by atoms with van der Waals surface area (Å²) >= 11 is 15.0. The molecule has 2 aliphatic rings. The van der Waals surface area contributed by atoms with Crippen LogP contribution >= 0.6 is 63.7 Å². The summed E-state index contributed by atoms with van der Waals surface area (Å²) in [5.74, 6) is 1.45. The molecule has 5 rings (SSSR count). The number of hydrogen-bond donors (Lipinski definition) is 0. The van der Waals surface area contributed by atoms with Crippen molar-refractivity contribution in [2.45, 2.75) is 83.1 Å². The number of carbonyl (C=O) groups is 2. The van der Waals surface area contributed by atoms with Crippen LogP contribution in [0, 0.1) is 21.7 Å². The first-order valence-electron chi connectivity index (χ1n) is 17.8. The van der Waals surface area contributed by atoms with Gasteiger partial charge in [-0.1, -0.05) is 159 Å². The second kappa shape index (κ2) is 14.8. The highest BCUT2D eigenvalue weighted by Crippen LogP contribution is 2.46. The number of carbonyl (C=O) groups excluding carboxylic acids is 2. The van der Waals surface area contributed by atoms with Crippen LogP contribution < -0.4 is 0 Å². The van der Waals surface area contributed by atoms with Gasteiger partial charge in [-0.3, -0.25) is 9.59 Å². The maximum Gasteiger partial charge on any atom is 0.186 e. The fourth-order valence-corrected chi connectivity index (χ4v) is 9.12. The van der Waals surface area contributed by atoms with Crippen LogP contribution in [-0.2, 0) is 9.59 Å². The SMILES string of the molecule is CC(C)(C)C1=CC(=C(c2ccc(C(=C3C=C(C(C)(C)C)C(=O)C(C(C)(C)C)=C3)c3ccc(Br)cc3Br)o2)c2ccc(Br)cc2Br)C=C(C(C)(C)C)C1=O. The summed E-state index contributed by atoms with van der Waals surface area (Å²) in [5.41, 5.74) is 6.85. The molecule has 0 radical (unpaired) electrons. The molecular weight excluding hydrogens is 920 g/mol. The van der Waals surface area contributed by atoms with Crippen molar-refractivity contribution in [3.63, 3.8) is 0 Å². The summed E-state index contributed by atoms with van der Waals surface area (Å²) in [6.07, 6.45) is 8.16. The van der Waals surface area contributed by atoms with Crippen LogP contribution in [0.4, 0.5) is 0 Å². The Morgan fingerprint density at radius 2 is 0.736 bits per heavy atom. The smallest absolute Gasteiger partial charge is 0.186 e. The molecule has 1 aromatic heterocycles. The summed E-state index contributed by atoms with van der Waals surface area (Å²) in [5, 5.41) is 0. The summed E-state index contributed by atoms with van der Waals surface area (Å²) in [6.45, 7) is 25.0. The molecule has 0 unspecified atom stereocenters. The summed E-state index contributed by atoms with van der Waals surface area (Å²) in [7, 11) is 0. The third-order valence-electron chi connectivity index (χ3n) is 9.49. The number of ketones is 2. The van der Waals surface area contributed by atoms with E-state index in [4.69, 9.17) is 4.42 Å². The third-order valence-corrected chi connectivity index (χ3v) is 11.8. The van der Waals surface area contributed by atoms with Gasteiger partial charge in [0.1, 0.15) is 11.5 Å². The quantitative estimate of drug-likeness (QED) is 0.262. The molecule has 3 aromatic rings. The predicted octanol–water partition coefficient (Wildman–Crippen LogP) is 15.0. The minimum atomic E-state index is -0.387. The first kappa shape index (κ1) is 41.6. The van der Waals surface area contributed by atoms with Gasteiger partial charge in [-0.25, -0.2) is 0 Å². The Hall–Kier alpha value is -2.58. The number of benzene rings is 2. The van der Waals surface area contributed by atoms with Crippen LogP contribution in [0.1, 0.15) is 106 Å². The normalized spacial score (nSPS) is 16.0. The molecule has 0 spiro atoms. The van der Waals surface area contributed by atoms with E-state index in [-0.39, 0.29) is 33.2 Å². The molecule has 2 aliphatic carbocycles. The molecule has 0 saturated heterocycles. The van der Waals surface area contributed by atoms with E-state index in [1.165, 1.54) is 0 Å². The summed E-state index contributed by atoms with van der Waals surface area (Å²) in [4.78, 5) is 28.0. The molecule has 0 aliphatic heterocycles. The van der Waals surface area contributed by atoms with E-state index in [2.05, 4.69) is 159 Å². The van der Waals surface area contributed by atoms with Gasteiger partial charge in [0.2, 0.25) is 0 Å². The van der Waals surface area contributed by atoms with Crippen LogP contribution in [0.2, 0.25) is 0 Å². The minimum Gasteiger partial charge on any atom is -0.456 e. The molecule has 7 heteroatoms. The zero-order valence-electron chi connectivity index (χ0n) is 32.7. The minimum absolute atomic E-state index is 0.0740. The maximum atomic E-state index is 14.0. The molecule has 1 heterocycles. The number of hydrogen-bond acceptors (Lipinski definition) is 3. The largest absolute Gasteiger partial charge is 0.456 e. The van der Waals surface area contributed by atoms with Gasteiger partial charge < -0.3 is 4.42 Å². The van der Waals surface area contributed by atoms with Gasteiger partial charge in [-0.15, -0.1) is 0 Å². The lowest BCUT2D eigenvalue weighted by atomic mass is 9.71. The van der Waals surface area contributed by atoms with Gasteiger partial charge in [0.15, 0.2) is 11.6 Å². The van der Waals surface area contributed by atoms with Crippen molar-refractivity contribution in [1.29, 1.82) is 0 Å². The lowest BCUT2D eigenvalue weighted by Gasteiger charge is -2.32. The molecule has 53 heavy (non-hydrogen) atoms. The molecule has 0 saturated carbocycles. The van der Waals surface area contributed by atoms with Crippen LogP contribution in [0.15, 0.2) is 129 Å². The first-order valence-corrected chi connectivity index (χ1v) is 20.9. The fraction of sp³-hybridized carbons (Fsp3) is 0.348. The highest BCUT2D eigenvalue weighted by molar-refractivity contribution is 9.11. The van der Waals surface area contributed by atoms with Gasteiger partial charge in [0.05, 0.1) is 0 Å². The molecule has 0 amide bonds. The Bertz CT molecular complexity index is 1990. The molecular formula is C46H48Br4O3. The maximum absolute atomic E-state index is 14.0. The number of Topliss-reactive ketones (excluding diaryl/α,β-unsaturated/α-hetero) is 2. The van der Waals surface area contributed by atoms with Gasteiger partial charge in [-0.2, -0.15) is 0 Å². The monoisotopic (exact) mass is 964 g/mol. The molecule has 278 valence electrons. The predicted molar refractivity (Wildman–Crippen MR) is 235 cm³/mol. The summed E-state index contributed by atoms with van der Waals surface area (Å²) < 4.78 is 10.7. The molecule has 2 aromatic carbocycles. The van der Waals surface area contributed by atoms with Crippen LogP contribution in [0.5, 0.6) is 0 Å². The van der Waals surface area contributed by atoms with Crippen molar-refractivity contribution in [2.24, 2.45) is 21.7 Å². The van der Waals surface area contributed by atoms with Crippen LogP contribution in [0.25, 0.3) is 11.1 Å². The summed E-state index contributed by atoms with van der Waals surface area (Å²) in [6, 6.07) is 16.3. The van der Waals surface area contributed by atoms with Crippen molar-refractivity contribution >= 4 is 86.4 Å². The molecule has 0 N–H and O–H groups in total. The third kappa shape index (κ3) is 8.79. The van der Waals surface area contributed by atoms with E-state index in [1.807, 2.05) is 60.7 Å². The van der Waals surface area contributed by atoms with E-state index in [0.29, 0.717) is 11.5 Å². The molecule has 0 fully saturated rings. The van der Waals surface area contributed by atoms with E-state index >= 15 is 0 Å². The van der Waals surface area contributed by atoms with Gasteiger partial charge in [0.25, 0.3) is 0 Å². The van der Waals surface area contributed by atoms with E-state index in [9.17, 15) is 9.59 Å². The van der Waals surface area contributed by atoms with Crippen molar-refractivity contribution < 1.29 is 14.0 Å². The average Bonchev–Trinajstić information content (AvgIpc) is 3.47. The fourth-order valence-electron chi connectivity index (χ4n) is 6.63. The van der Waals surface area contributed by atoms with Crippen molar-refractivity contribution in [3.8, 4) is 0 Å². The number of halogens is 4. The Morgan fingerprint density at radius 3 is 0.981 bits per heavy atom. The standard InChI is InChI=1S/C46H48Br4O3/c1-43(2,3)31-19-25(20-32(41(31)51)44(4,5)6)39(29-15-13-27(47)23-35(29)49)37-17-18-38(53-37)40(30-16-14-28(48)24-36(30)50)26-21-33(45(7,8)9)42(52)34(22-26)46(10,11)12/h13-24H,1-12H3. The highest BCUT2D eigenvalue weighted by Gasteiger charge is 2.37.